The number of aryl methyl sites for hydroxylation is 1. The zero-order valence-corrected chi connectivity index (χ0v) is 21.3. The fourth-order valence-electron chi connectivity index (χ4n) is 4.39. The van der Waals surface area contributed by atoms with Gasteiger partial charge in [-0.3, -0.25) is 4.79 Å². The Morgan fingerprint density at radius 1 is 1.05 bits per heavy atom. The number of anilines is 1. The van der Waals surface area contributed by atoms with E-state index in [1.807, 2.05) is 12.1 Å². The molecule has 196 valence electrons. The van der Waals surface area contributed by atoms with Crippen molar-refractivity contribution in [3.63, 3.8) is 0 Å². The third-order valence-electron chi connectivity index (χ3n) is 6.45. The Morgan fingerprint density at radius 2 is 1.79 bits per heavy atom. The van der Waals surface area contributed by atoms with Gasteiger partial charge in [-0.05, 0) is 62.2 Å². The number of piperidine rings is 1. The molecule has 2 aromatic heterocycles. The maximum atomic E-state index is 14.0. The van der Waals surface area contributed by atoms with E-state index in [-0.39, 0.29) is 41.3 Å². The van der Waals surface area contributed by atoms with Gasteiger partial charge in [0.25, 0.3) is 0 Å². The van der Waals surface area contributed by atoms with Gasteiger partial charge in [-0.2, -0.15) is 4.31 Å². The Bertz CT molecular complexity index is 1560. The molecule has 0 aliphatic carbocycles. The quantitative estimate of drug-likeness (QED) is 0.354. The smallest absolute Gasteiger partial charge is 0.248 e. The van der Waals surface area contributed by atoms with Gasteiger partial charge in [-0.25, -0.2) is 12.8 Å². The summed E-state index contributed by atoms with van der Waals surface area (Å²) in [5.74, 6) is -0.274. The van der Waals surface area contributed by atoms with Crippen molar-refractivity contribution < 1.29 is 26.6 Å². The summed E-state index contributed by atoms with van der Waals surface area (Å²) in [5, 5.41) is 10.4. The van der Waals surface area contributed by atoms with Crippen molar-refractivity contribution in [2.75, 3.05) is 18.4 Å². The molecule has 5 rings (SSSR count). The highest BCUT2D eigenvalue weighted by atomic mass is 32.2. The molecular formula is C27H25FN4O5S. The highest BCUT2D eigenvalue weighted by molar-refractivity contribution is 7.89. The lowest BCUT2D eigenvalue weighted by molar-refractivity contribution is -0.120. The van der Waals surface area contributed by atoms with Crippen LogP contribution in [0.15, 0.2) is 74.7 Å². The molecule has 1 fully saturated rings. The summed E-state index contributed by atoms with van der Waals surface area (Å²) < 4.78 is 52.6. The van der Waals surface area contributed by atoms with Gasteiger partial charge in [0, 0.05) is 41.9 Å². The van der Waals surface area contributed by atoms with Crippen LogP contribution in [0, 0.1) is 18.7 Å². The van der Waals surface area contributed by atoms with Crippen LogP contribution < -0.4 is 5.32 Å². The van der Waals surface area contributed by atoms with Crippen LogP contribution in [0.3, 0.4) is 0 Å². The van der Waals surface area contributed by atoms with E-state index in [1.165, 1.54) is 22.5 Å². The lowest BCUT2D eigenvalue weighted by atomic mass is 9.97. The van der Waals surface area contributed by atoms with E-state index < -0.39 is 15.8 Å². The van der Waals surface area contributed by atoms with Gasteiger partial charge in [0.05, 0.1) is 6.20 Å². The number of carbonyl (C=O) groups excluding carboxylic acids is 1. The third kappa shape index (κ3) is 5.29. The molecule has 11 heteroatoms. The molecule has 3 heterocycles. The second kappa shape index (κ2) is 10.7. The van der Waals surface area contributed by atoms with Crippen molar-refractivity contribution in [2.45, 2.75) is 24.7 Å². The monoisotopic (exact) mass is 536 g/mol. The molecule has 2 aromatic carbocycles. The molecule has 1 amide bonds. The molecule has 0 radical (unpaired) electrons. The summed E-state index contributed by atoms with van der Waals surface area (Å²) in [6, 6.07) is 15.1. The van der Waals surface area contributed by atoms with Gasteiger partial charge in [0.2, 0.25) is 15.9 Å². The normalized spacial score (nSPS) is 15.2. The molecule has 1 N–H and O–H groups in total. The SMILES string of the molecule is Cc1noc(C=Cc2ccccc2F)c1S(=O)(=O)N1CCC(C(=O)Nc2ccc(-c3ccno3)cc2)CC1. The average molecular weight is 537 g/mol. The first-order valence-corrected chi connectivity index (χ1v) is 13.5. The number of aromatic nitrogens is 2. The van der Waals surface area contributed by atoms with Gasteiger partial charge in [0.1, 0.15) is 11.5 Å². The summed E-state index contributed by atoms with van der Waals surface area (Å²) in [7, 11) is -3.94. The molecule has 0 unspecified atom stereocenters. The van der Waals surface area contributed by atoms with E-state index in [1.54, 1.807) is 49.5 Å². The fraction of sp³-hybridized carbons (Fsp3) is 0.222. The maximum absolute atomic E-state index is 14.0. The fourth-order valence-corrected chi connectivity index (χ4v) is 6.11. The van der Waals surface area contributed by atoms with Gasteiger partial charge in [0.15, 0.2) is 16.4 Å². The first kappa shape index (κ1) is 25.6. The first-order valence-electron chi connectivity index (χ1n) is 12.0. The number of hydrogen-bond acceptors (Lipinski definition) is 7. The van der Waals surface area contributed by atoms with Crippen LogP contribution >= 0.6 is 0 Å². The topological polar surface area (TPSA) is 119 Å². The molecular weight excluding hydrogens is 511 g/mol. The van der Waals surface area contributed by atoms with Crippen LogP contribution in [0.5, 0.6) is 0 Å². The first-order chi connectivity index (χ1) is 18.3. The zero-order valence-electron chi connectivity index (χ0n) is 20.5. The number of benzene rings is 2. The van der Waals surface area contributed by atoms with E-state index in [4.69, 9.17) is 9.05 Å². The van der Waals surface area contributed by atoms with Gasteiger partial charge < -0.3 is 14.4 Å². The summed E-state index contributed by atoms with van der Waals surface area (Å²) in [6.45, 7) is 1.89. The lowest BCUT2D eigenvalue weighted by Gasteiger charge is -2.30. The number of nitrogens with zero attached hydrogens (tertiary/aromatic N) is 3. The van der Waals surface area contributed by atoms with Crippen molar-refractivity contribution >= 4 is 33.8 Å². The number of rotatable bonds is 7. The average Bonchev–Trinajstić information content (AvgIpc) is 3.59. The minimum Gasteiger partial charge on any atom is -0.356 e. The third-order valence-corrected chi connectivity index (χ3v) is 8.51. The van der Waals surface area contributed by atoms with Crippen LogP contribution in [0.25, 0.3) is 23.5 Å². The van der Waals surface area contributed by atoms with Crippen molar-refractivity contribution in [3.05, 3.63) is 83.6 Å². The van der Waals surface area contributed by atoms with Crippen molar-refractivity contribution in [1.29, 1.82) is 0 Å². The van der Waals surface area contributed by atoms with Crippen LogP contribution in [-0.4, -0.2) is 42.0 Å². The number of carbonyl (C=O) groups is 1. The predicted octanol–water partition coefficient (Wildman–Crippen LogP) is 4.99. The highest BCUT2D eigenvalue weighted by Crippen LogP contribution is 2.30. The Hall–Kier alpha value is -4.09. The molecule has 0 atom stereocenters. The Balaban J connectivity index is 1.23. The Labute approximate surface area is 219 Å². The predicted molar refractivity (Wildman–Crippen MR) is 139 cm³/mol. The van der Waals surface area contributed by atoms with E-state index in [0.717, 1.165) is 5.56 Å². The van der Waals surface area contributed by atoms with Gasteiger partial charge >= 0.3 is 0 Å². The van der Waals surface area contributed by atoms with Crippen molar-refractivity contribution in [2.24, 2.45) is 5.92 Å². The summed E-state index contributed by atoms with van der Waals surface area (Å²) in [4.78, 5) is 12.8. The van der Waals surface area contributed by atoms with Gasteiger partial charge in [-0.15, -0.1) is 0 Å². The van der Waals surface area contributed by atoms with Crippen LogP contribution in [0.1, 0.15) is 29.9 Å². The molecule has 9 nitrogen and oxygen atoms in total. The van der Waals surface area contributed by atoms with E-state index >= 15 is 0 Å². The van der Waals surface area contributed by atoms with E-state index in [9.17, 15) is 17.6 Å². The van der Waals surface area contributed by atoms with Gasteiger partial charge in [-0.1, -0.05) is 28.5 Å². The van der Waals surface area contributed by atoms with Crippen LogP contribution in [0.2, 0.25) is 0 Å². The van der Waals surface area contributed by atoms with E-state index in [2.05, 4.69) is 15.6 Å². The zero-order chi connectivity index (χ0) is 26.7. The van der Waals surface area contributed by atoms with Crippen LogP contribution in [-0.2, 0) is 14.8 Å². The minimum absolute atomic E-state index is 0.0272. The highest BCUT2D eigenvalue weighted by Gasteiger charge is 2.36. The molecule has 0 spiro atoms. The second-order valence-electron chi connectivity index (χ2n) is 8.94. The number of halogens is 1. The standard InChI is InChI=1S/C27H25FN4O5S/c1-18-26(25(37-31-18)11-8-19-4-2-3-5-23(19)28)38(34,35)32-16-13-21(14-17-32)27(33)30-22-9-6-20(7-10-22)24-12-15-29-36-24/h2-12,15,21H,13-14,16-17H2,1H3,(H,30,33). The number of nitrogens with one attached hydrogen (secondary N) is 1. The second-order valence-corrected chi connectivity index (χ2v) is 10.8. The number of amides is 1. The number of hydrogen-bond donors (Lipinski definition) is 1. The Kier molecular flexibility index (Phi) is 7.21. The summed E-state index contributed by atoms with van der Waals surface area (Å²) in [6.07, 6.45) is 5.14. The number of sulfonamides is 1. The molecule has 1 aliphatic rings. The molecule has 0 bridgehead atoms. The van der Waals surface area contributed by atoms with E-state index in [0.29, 0.717) is 29.9 Å². The van der Waals surface area contributed by atoms with Crippen molar-refractivity contribution in [3.8, 4) is 11.3 Å². The van der Waals surface area contributed by atoms with Crippen molar-refractivity contribution in [1.82, 2.24) is 14.6 Å². The molecule has 1 saturated heterocycles. The maximum Gasteiger partial charge on any atom is 0.248 e. The molecule has 0 saturated carbocycles. The summed E-state index contributed by atoms with van der Waals surface area (Å²) >= 11 is 0. The summed E-state index contributed by atoms with van der Waals surface area (Å²) in [5.41, 5.74) is 1.99. The van der Waals surface area contributed by atoms with Crippen LogP contribution in [0.4, 0.5) is 10.1 Å². The Morgan fingerprint density at radius 3 is 2.47 bits per heavy atom. The molecule has 4 aromatic rings. The lowest BCUT2D eigenvalue weighted by Crippen LogP contribution is -2.41. The largest absolute Gasteiger partial charge is 0.356 e. The minimum atomic E-state index is -3.94. The molecule has 38 heavy (non-hydrogen) atoms. The molecule has 1 aliphatic heterocycles.